The van der Waals surface area contributed by atoms with Crippen LogP contribution < -0.4 is 5.32 Å². The van der Waals surface area contributed by atoms with Crippen LogP contribution in [0.3, 0.4) is 0 Å². The molecule has 1 nitrogen and oxygen atoms in total. The van der Waals surface area contributed by atoms with Crippen molar-refractivity contribution < 1.29 is 13.2 Å². The lowest BCUT2D eigenvalue weighted by Gasteiger charge is -2.18. The average molecular weight is 677 g/mol. The van der Waals surface area contributed by atoms with Crippen LogP contribution in [0.5, 0.6) is 0 Å². The topological polar surface area (TPSA) is 12.0 Å². The van der Waals surface area contributed by atoms with E-state index in [0.717, 1.165) is 71.5 Å². The van der Waals surface area contributed by atoms with Crippen molar-refractivity contribution >= 4 is 60.5 Å². The molecule has 218 valence electrons. The lowest BCUT2D eigenvalue weighted by atomic mass is 9.89. The molecule has 0 aliphatic heterocycles. The SMILES string of the molecule is FC(F)(F)c1cc(Cl)c(Nc2ccc3c4c(ccc(Br)c24)-c2cc(-c4ccccc4)c(-c4ccccc4)cc2-3)c2ccccc12. The van der Waals surface area contributed by atoms with Gasteiger partial charge in [-0.15, -0.1) is 0 Å². The second-order valence-corrected chi connectivity index (χ2v) is 12.4. The second kappa shape index (κ2) is 10.5. The molecule has 1 aliphatic carbocycles. The number of fused-ring (bicyclic) bond motifs is 4. The smallest absolute Gasteiger partial charge is 0.353 e. The molecule has 6 heteroatoms. The summed E-state index contributed by atoms with van der Waals surface area (Å²) in [4.78, 5) is 0. The van der Waals surface area contributed by atoms with E-state index >= 15 is 0 Å². The Morgan fingerprint density at radius 2 is 1.07 bits per heavy atom. The van der Waals surface area contributed by atoms with Gasteiger partial charge in [0.2, 0.25) is 0 Å². The first-order valence-electron chi connectivity index (χ1n) is 14.4. The Labute approximate surface area is 271 Å². The predicted octanol–water partition coefficient (Wildman–Crippen LogP) is 13.2. The van der Waals surface area contributed by atoms with E-state index in [0.29, 0.717) is 11.1 Å². The molecule has 7 aromatic rings. The third-order valence-electron chi connectivity index (χ3n) is 8.58. The van der Waals surface area contributed by atoms with Crippen LogP contribution >= 0.6 is 27.5 Å². The van der Waals surface area contributed by atoms with Gasteiger partial charge in [-0.2, -0.15) is 13.2 Å². The number of hydrogen-bond acceptors (Lipinski definition) is 1. The Morgan fingerprint density at radius 3 is 1.64 bits per heavy atom. The Hall–Kier alpha value is -4.58. The summed E-state index contributed by atoms with van der Waals surface area (Å²) in [5, 5.41) is 5.94. The summed E-state index contributed by atoms with van der Waals surface area (Å²) in [6, 6.07) is 41.1. The fraction of sp³-hybridized carbons (Fsp3) is 0.0256. The highest BCUT2D eigenvalue weighted by Crippen LogP contribution is 2.54. The van der Waals surface area contributed by atoms with E-state index in [-0.39, 0.29) is 10.4 Å². The van der Waals surface area contributed by atoms with Gasteiger partial charge in [0.05, 0.1) is 16.3 Å². The zero-order chi connectivity index (χ0) is 30.9. The van der Waals surface area contributed by atoms with E-state index in [1.165, 1.54) is 6.07 Å². The first kappa shape index (κ1) is 27.9. The summed E-state index contributed by atoms with van der Waals surface area (Å²) in [6.45, 7) is 0. The zero-order valence-electron chi connectivity index (χ0n) is 23.5. The maximum Gasteiger partial charge on any atom is 0.417 e. The van der Waals surface area contributed by atoms with E-state index in [4.69, 9.17) is 11.6 Å². The van der Waals surface area contributed by atoms with Crippen LogP contribution in [-0.4, -0.2) is 0 Å². The molecule has 7 aromatic carbocycles. The number of rotatable bonds is 4. The number of nitrogens with one attached hydrogen (secondary N) is 1. The molecular formula is C39H22BrClF3N. The molecule has 0 radical (unpaired) electrons. The van der Waals surface area contributed by atoms with E-state index in [1.807, 2.05) is 24.3 Å². The van der Waals surface area contributed by atoms with Crippen LogP contribution in [0.25, 0.3) is 66.1 Å². The molecule has 1 N–H and O–H groups in total. The van der Waals surface area contributed by atoms with Crippen molar-refractivity contribution in [1.29, 1.82) is 0 Å². The van der Waals surface area contributed by atoms with Gasteiger partial charge in [0.25, 0.3) is 0 Å². The van der Waals surface area contributed by atoms with Gasteiger partial charge in [-0.25, -0.2) is 0 Å². The highest BCUT2D eigenvalue weighted by molar-refractivity contribution is 9.10. The van der Waals surface area contributed by atoms with Crippen molar-refractivity contribution in [2.75, 3.05) is 5.32 Å². The Balaban J connectivity index is 1.34. The van der Waals surface area contributed by atoms with Gasteiger partial charge in [-0.3, -0.25) is 0 Å². The van der Waals surface area contributed by atoms with Crippen molar-refractivity contribution in [3.05, 3.63) is 142 Å². The van der Waals surface area contributed by atoms with Crippen LogP contribution in [0.4, 0.5) is 24.5 Å². The number of anilines is 2. The molecule has 45 heavy (non-hydrogen) atoms. The van der Waals surface area contributed by atoms with Crippen LogP contribution in [-0.2, 0) is 6.18 Å². The molecule has 0 bridgehead atoms. The quantitative estimate of drug-likeness (QED) is 0.196. The first-order valence-corrected chi connectivity index (χ1v) is 15.6. The van der Waals surface area contributed by atoms with Crippen molar-refractivity contribution in [3.8, 4) is 44.5 Å². The van der Waals surface area contributed by atoms with Crippen molar-refractivity contribution in [3.63, 3.8) is 0 Å². The van der Waals surface area contributed by atoms with Crippen LogP contribution in [0.1, 0.15) is 5.56 Å². The van der Waals surface area contributed by atoms with Gasteiger partial charge in [0, 0.05) is 26.3 Å². The minimum absolute atomic E-state index is 0.00342. The minimum atomic E-state index is -4.53. The van der Waals surface area contributed by atoms with E-state index in [1.54, 1.807) is 18.2 Å². The number of alkyl halides is 3. The molecule has 1 aliphatic rings. The third-order valence-corrected chi connectivity index (χ3v) is 9.54. The maximum atomic E-state index is 13.9. The Bertz CT molecular complexity index is 2220. The summed E-state index contributed by atoms with van der Waals surface area (Å²) in [7, 11) is 0. The molecule has 0 amide bonds. The van der Waals surface area contributed by atoms with Gasteiger partial charge in [-0.05, 0) is 80.2 Å². The summed E-state index contributed by atoms with van der Waals surface area (Å²) in [6.07, 6.45) is -4.53. The zero-order valence-corrected chi connectivity index (χ0v) is 25.9. The monoisotopic (exact) mass is 675 g/mol. The first-order chi connectivity index (χ1) is 21.8. The molecule has 0 heterocycles. The van der Waals surface area contributed by atoms with E-state index in [9.17, 15) is 13.2 Å². The summed E-state index contributed by atoms with van der Waals surface area (Å²) >= 11 is 10.4. The van der Waals surface area contributed by atoms with Gasteiger partial charge in [0.1, 0.15) is 0 Å². The highest BCUT2D eigenvalue weighted by atomic mass is 79.9. The fourth-order valence-corrected chi connectivity index (χ4v) is 7.40. The highest BCUT2D eigenvalue weighted by Gasteiger charge is 2.34. The van der Waals surface area contributed by atoms with Crippen molar-refractivity contribution in [2.24, 2.45) is 0 Å². The molecule has 8 rings (SSSR count). The second-order valence-electron chi connectivity index (χ2n) is 11.1. The van der Waals surface area contributed by atoms with Crippen LogP contribution in [0.15, 0.2) is 132 Å². The van der Waals surface area contributed by atoms with Gasteiger partial charge < -0.3 is 5.32 Å². The number of benzene rings is 7. The van der Waals surface area contributed by atoms with Crippen LogP contribution in [0.2, 0.25) is 5.02 Å². The van der Waals surface area contributed by atoms with Crippen molar-refractivity contribution in [2.45, 2.75) is 6.18 Å². The molecule has 0 atom stereocenters. The lowest BCUT2D eigenvalue weighted by Crippen LogP contribution is -2.07. The third kappa shape index (κ3) is 4.53. The maximum absolute atomic E-state index is 13.9. The predicted molar refractivity (Wildman–Crippen MR) is 184 cm³/mol. The summed E-state index contributed by atoms with van der Waals surface area (Å²) in [5.41, 5.74) is 9.45. The Morgan fingerprint density at radius 1 is 0.533 bits per heavy atom. The van der Waals surface area contributed by atoms with Gasteiger partial charge in [-0.1, -0.05) is 125 Å². The van der Waals surface area contributed by atoms with Gasteiger partial charge >= 0.3 is 6.18 Å². The molecule has 0 fully saturated rings. The van der Waals surface area contributed by atoms with E-state index < -0.39 is 11.7 Å². The summed E-state index contributed by atoms with van der Waals surface area (Å²) in [5.74, 6) is 0. The lowest BCUT2D eigenvalue weighted by molar-refractivity contribution is -0.136. The molecule has 0 aromatic heterocycles. The average Bonchev–Trinajstić information content (AvgIpc) is 3.37. The van der Waals surface area contributed by atoms with Crippen molar-refractivity contribution in [1.82, 2.24) is 0 Å². The largest absolute Gasteiger partial charge is 0.417 e. The minimum Gasteiger partial charge on any atom is -0.353 e. The number of halogens is 5. The molecule has 0 saturated heterocycles. The fourth-order valence-electron chi connectivity index (χ4n) is 6.60. The van der Waals surface area contributed by atoms with Gasteiger partial charge in [0.15, 0.2) is 0 Å². The molecule has 0 spiro atoms. The Kier molecular flexibility index (Phi) is 6.52. The molecule has 0 saturated carbocycles. The summed E-state index contributed by atoms with van der Waals surface area (Å²) < 4.78 is 42.7. The van der Waals surface area contributed by atoms with Crippen LogP contribution in [0, 0.1) is 0 Å². The molecule has 0 unspecified atom stereocenters. The molecular weight excluding hydrogens is 655 g/mol. The van der Waals surface area contributed by atoms with E-state index in [2.05, 4.69) is 94.0 Å². The standard InChI is InChI=1S/C39H22BrClF3N/c40-33-17-15-25-30-19-28(22-9-3-1-4-10-22)29(23-11-5-2-6-12-23)20-31(30)26-16-18-35(37(33)36(25)26)45-38-27-14-8-7-13-24(27)32(21-34(38)41)39(42,43)44/h1-21,45H. The number of hydrogen-bond donors (Lipinski definition) is 1. The normalized spacial score (nSPS) is 12.1.